The summed E-state index contributed by atoms with van der Waals surface area (Å²) in [5, 5.41) is 5.49. The molecule has 2 rings (SSSR count). The van der Waals surface area contributed by atoms with E-state index in [2.05, 4.69) is 10.6 Å². The van der Waals surface area contributed by atoms with E-state index in [1.165, 1.54) is 12.1 Å². The summed E-state index contributed by atoms with van der Waals surface area (Å²) < 4.78 is 39.3. The summed E-state index contributed by atoms with van der Waals surface area (Å²) in [4.78, 5) is 25.6. The third kappa shape index (κ3) is 6.52. The van der Waals surface area contributed by atoms with Crippen LogP contribution in [0.15, 0.2) is 48.5 Å². The lowest BCUT2D eigenvalue weighted by atomic mass is 10.1. The fourth-order valence-corrected chi connectivity index (χ4v) is 4.34. The maximum Gasteiger partial charge on any atom is 0.253 e. The second-order valence-electron chi connectivity index (χ2n) is 7.10. The zero-order valence-electron chi connectivity index (χ0n) is 17.9. The van der Waals surface area contributed by atoms with Gasteiger partial charge in [-0.2, -0.15) is 0 Å². The van der Waals surface area contributed by atoms with Gasteiger partial charge < -0.3 is 10.6 Å². The van der Waals surface area contributed by atoms with E-state index in [0.717, 1.165) is 35.5 Å². The largest absolute Gasteiger partial charge is 0.352 e. The van der Waals surface area contributed by atoms with Crippen molar-refractivity contribution in [3.05, 3.63) is 59.9 Å². The molecule has 168 valence electrons. The van der Waals surface area contributed by atoms with E-state index in [9.17, 15) is 22.4 Å². The van der Waals surface area contributed by atoms with Crippen molar-refractivity contribution >= 4 is 33.2 Å². The lowest BCUT2D eigenvalue weighted by Crippen LogP contribution is -2.47. The maximum atomic E-state index is 13.3. The first kappa shape index (κ1) is 24.3. The molecule has 31 heavy (non-hydrogen) atoms. The van der Waals surface area contributed by atoms with Crippen LogP contribution in [0.3, 0.4) is 0 Å². The molecule has 2 N–H and O–H groups in total. The molecule has 0 spiro atoms. The van der Waals surface area contributed by atoms with Gasteiger partial charge in [-0.05, 0) is 49.2 Å². The number of nitrogens with zero attached hydrogens (tertiary/aromatic N) is 1. The highest BCUT2D eigenvalue weighted by molar-refractivity contribution is 7.92. The van der Waals surface area contributed by atoms with E-state index in [1.54, 1.807) is 31.2 Å². The van der Waals surface area contributed by atoms with Gasteiger partial charge in [-0.3, -0.25) is 13.9 Å². The van der Waals surface area contributed by atoms with E-state index in [1.807, 2.05) is 6.92 Å². The molecule has 0 saturated carbocycles. The van der Waals surface area contributed by atoms with Crippen LogP contribution in [0.2, 0.25) is 0 Å². The molecular weight excluding hydrogens is 421 g/mol. The Bertz CT molecular complexity index is 1010. The second-order valence-corrected chi connectivity index (χ2v) is 8.96. The fraction of sp³-hybridized carbons (Fsp3) is 0.364. The molecule has 0 radical (unpaired) electrons. The molecular formula is C22H28FN3O4S. The van der Waals surface area contributed by atoms with E-state index in [-0.39, 0.29) is 29.3 Å². The van der Waals surface area contributed by atoms with Gasteiger partial charge in [0.2, 0.25) is 15.9 Å². The molecule has 0 fully saturated rings. The van der Waals surface area contributed by atoms with Crippen molar-refractivity contribution in [1.29, 1.82) is 0 Å². The lowest BCUT2D eigenvalue weighted by Gasteiger charge is -2.30. The Hall–Kier alpha value is -2.94. The van der Waals surface area contributed by atoms with Crippen LogP contribution in [0.25, 0.3) is 0 Å². The fourth-order valence-electron chi connectivity index (χ4n) is 3.13. The van der Waals surface area contributed by atoms with Crippen molar-refractivity contribution in [2.75, 3.05) is 22.4 Å². The zero-order chi connectivity index (χ0) is 23.0. The topological polar surface area (TPSA) is 95.6 Å². The number of carbonyl (C=O) groups is 2. The van der Waals surface area contributed by atoms with E-state index in [4.69, 9.17) is 0 Å². The molecule has 0 unspecified atom stereocenters. The predicted octanol–water partition coefficient (Wildman–Crippen LogP) is 3.54. The molecule has 0 aliphatic heterocycles. The Labute approximate surface area is 182 Å². The zero-order valence-corrected chi connectivity index (χ0v) is 18.7. The molecule has 0 heterocycles. The highest BCUT2D eigenvalue weighted by atomic mass is 32.2. The van der Waals surface area contributed by atoms with Gasteiger partial charge in [-0.1, -0.05) is 32.4 Å². The number of amides is 2. The van der Waals surface area contributed by atoms with Gasteiger partial charge in [0.1, 0.15) is 11.9 Å². The van der Waals surface area contributed by atoms with Crippen LogP contribution in [0.5, 0.6) is 0 Å². The van der Waals surface area contributed by atoms with Gasteiger partial charge in [0.05, 0.1) is 23.2 Å². The standard InChI is InChI=1S/C22H28FN3O4S/c1-4-6-15-24-21(27)18-9-7-8-10-19(18)25-22(28)20(5-2)26(31(3,29)30)17-13-11-16(23)12-14-17/h7-14,20H,4-6,15H2,1-3H3,(H,24,27)(H,25,28)/t20-/m0/s1. The van der Waals surface area contributed by atoms with Crippen LogP contribution in [-0.2, 0) is 14.8 Å². The Morgan fingerprint density at radius 1 is 1.06 bits per heavy atom. The van der Waals surface area contributed by atoms with E-state index in [0.29, 0.717) is 6.54 Å². The second kappa shape index (κ2) is 10.9. The Kier molecular flexibility index (Phi) is 8.56. The summed E-state index contributed by atoms with van der Waals surface area (Å²) in [6.45, 7) is 4.21. The third-order valence-electron chi connectivity index (χ3n) is 4.66. The van der Waals surface area contributed by atoms with Crippen molar-refractivity contribution in [3.63, 3.8) is 0 Å². The first-order valence-corrected chi connectivity index (χ1v) is 12.0. The number of para-hydroxylation sites is 1. The minimum Gasteiger partial charge on any atom is -0.352 e. The molecule has 0 aliphatic rings. The molecule has 0 bridgehead atoms. The Morgan fingerprint density at radius 3 is 2.29 bits per heavy atom. The molecule has 9 heteroatoms. The monoisotopic (exact) mass is 449 g/mol. The minimum absolute atomic E-state index is 0.168. The number of carbonyl (C=O) groups excluding carboxylic acids is 2. The van der Waals surface area contributed by atoms with Crippen LogP contribution in [0, 0.1) is 5.82 Å². The highest BCUT2D eigenvalue weighted by Crippen LogP contribution is 2.24. The molecule has 2 aromatic carbocycles. The van der Waals surface area contributed by atoms with Crippen LogP contribution in [0.4, 0.5) is 15.8 Å². The number of hydrogen-bond donors (Lipinski definition) is 2. The molecule has 0 saturated heterocycles. The SMILES string of the molecule is CCCCNC(=O)c1ccccc1NC(=O)[C@H](CC)N(c1ccc(F)cc1)S(C)(=O)=O. The van der Waals surface area contributed by atoms with E-state index >= 15 is 0 Å². The molecule has 2 aromatic rings. The van der Waals surface area contributed by atoms with Crippen LogP contribution in [-0.4, -0.2) is 39.1 Å². The third-order valence-corrected chi connectivity index (χ3v) is 5.84. The number of hydrogen-bond acceptors (Lipinski definition) is 4. The predicted molar refractivity (Wildman–Crippen MR) is 120 cm³/mol. The number of unbranched alkanes of at least 4 members (excludes halogenated alkanes) is 1. The van der Waals surface area contributed by atoms with E-state index < -0.39 is 27.8 Å². The number of sulfonamides is 1. The number of anilines is 2. The molecule has 0 aliphatic carbocycles. The minimum atomic E-state index is -3.85. The van der Waals surface area contributed by atoms with Gasteiger partial charge in [0.25, 0.3) is 5.91 Å². The Balaban J connectivity index is 2.32. The summed E-state index contributed by atoms with van der Waals surface area (Å²) in [7, 11) is -3.85. The van der Waals surface area contributed by atoms with Crippen molar-refractivity contribution in [2.24, 2.45) is 0 Å². The normalized spacial score (nSPS) is 12.1. The summed E-state index contributed by atoms with van der Waals surface area (Å²) in [5.41, 5.74) is 0.749. The number of rotatable bonds is 10. The van der Waals surface area contributed by atoms with Gasteiger partial charge in [0, 0.05) is 6.54 Å². The average Bonchev–Trinajstić information content (AvgIpc) is 2.72. The van der Waals surface area contributed by atoms with Gasteiger partial charge in [-0.25, -0.2) is 12.8 Å². The van der Waals surface area contributed by atoms with Crippen LogP contribution >= 0.6 is 0 Å². The molecule has 7 nitrogen and oxygen atoms in total. The number of benzene rings is 2. The summed E-state index contributed by atoms with van der Waals surface area (Å²) >= 11 is 0. The van der Waals surface area contributed by atoms with Gasteiger partial charge in [0.15, 0.2) is 0 Å². The van der Waals surface area contributed by atoms with Gasteiger partial charge >= 0.3 is 0 Å². The van der Waals surface area contributed by atoms with Crippen molar-refractivity contribution in [2.45, 2.75) is 39.2 Å². The lowest BCUT2D eigenvalue weighted by molar-refractivity contribution is -0.117. The Morgan fingerprint density at radius 2 is 1.71 bits per heavy atom. The number of nitrogens with one attached hydrogen (secondary N) is 2. The highest BCUT2D eigenvalue weighted by Gasteiger charge is 2.32. The average molecular weight is 450 g/mol. The first-order chi connectivity index (χ1) is 14.7. The number of halogens is 1. The van der Waals surface area contributed by atoms with Gasteiger partial charge in [-0.15, -0.1) is 0 Å². The maximum absolute atomic E-state index is 13.3. The molecule has 0 aromatic heterocycles. The summed E-state index contributed by atoms with van der Waals surface area (Å²) in [6, 6.07) is 10.3. The smallest absolute Gasteiger partial charge is 0.253 e. The molecule has 2 amide bonds. The summed E-state index contributed by atoms with van der Waals surface area (Å²) in [6.07, 6.45) is 2.92. The first-order valence-electron chi connectivity index (χ1n) is 10.1. The van der Waals surface area contributed by atoms with Crippen LogP contribution in [0.1, 0.15) is 43.5 Å². The van der Waals surface area contributed by atoms with Crippen molar-refractivity contribution < 1.29 is 22.4 Å². The quantitative estimate of drug-likeness (QED) is 0.543. The molecule has 1 atom stereocenters. The van der Waals surface area contributed by atoms with Crippen molar-refractivity contribution in [3.8, 4) is 0 Å². The van der Waals surface area contributed by atoms with Crippen molar-refractivity contribution in [1.82, 2.24) is 5.32 Å². The summed E-state index contributed by atoms with van der Waals surface area (Å²) in [5.74, 6) is -1.43. The van der Waals surface area contributed by atoms with Crippen LogP contribution < -0.4 is 14.9 Å².